The minimum absolute atomic E-state index is 0.101. The summed E-state index contributed by atoms with van der Waals surface area (Å²) in [7, 11) is 1.56. The quantitative estimate of drug-likeness (QED) is 0.786. The number of thiazole rings is 1. The smallest absolute Gasteiger partial charge is 0.248 e. The molecule has 144 valence electrons. The molecule has 6 nitrogen and oxygen atoms in total. The van der Waals surface area contributed by atoms with Crippen molar-refractivity contribution in [2.45, 2.75) is 39.0 Å². The first-order valence-electron chi connectivity index (χ1n) is 9.52. The Morgan fingerprint density at radius 3 is 2.08 bits per heavy atom. The zero-order valence-electron chi connectivity index (χ0n) is 15.8. The van der Waals surface area contributed by atoms with Crippen molar-refractivity contribution in [3.63, 3.8) is 0 Å². The Labute approximate surface area is 159 Å². The normalized spacial score (nSPS) is 19.8. The van der Waals surface area contributed by atoms with Crippen LogP contribution in [0.5, 0.6) is 0 Å². The molecule has 1 aromatic heterocycles. The van der Waals surface area contributed by atoms with E-state index in [1.807, 2.05) is 22.1 Å². The number of amides is 2. The van der Waals surface area contributed by atoms with Crippen LogP contribution in [0.15, 0.2) is 5.38 Å². The fourth-order valence-corrected chi connectivity index (χ4v) is 4.82. The van der Waals surface area contributed by atoms with Crippen molar-refractivity contribution < 1.29 is 14.3 Å². The molecule has 0 spiro atoms. The van der Waals surface area contributed by atoms with E-state index in [1.165, 1.54) is 0 Å². The number of methoxy groups -OCH3 is 1. The maximum atomic E-state index is 12.5. The SMILES string of the molecule is COCC(=O)N1CCC(C2CCN(C(=O)Cc3csc(C)n3)CC2)CC1. The van der Waals surface area contributed by atoms with E-state index in [-0.39, 0.29) is 18.4 Å². The maximum absolute atomic E-state index is 12.5. The van der Waals surface area contributed by atoms with E-state index in [0.29, 0.717) is 18.3 Å². The second kappa shape index (κ2) is 8.95. The predicted octanol–water partition coefficient (Wildman–Crippen LogP) is 2.12. The molecule has 26 heavy (non-hydrogen) atoms. The first-order chi connectivity index (χ1) is 12.6. The van der Waals surface area contributed by atoms with E-state index in [9.17, 15) is 9.59 Å². The first-order valence-corrected chi connectivity index (χ1v) is 10.4. The van der Waals surface area contributed by atoms with Gasteiger partial charge >= 0.3 is 0 Å². The molecule has 2 aliphatic rings. The van der Waals surface area contributed by atoms with Gasteiger partial charge in [-0.15, -0.1) is 11.3 Å². The van der Waals surface area contributed by atoms with Gasteiger partial charge in [-0.1, -0.05) is 0 Å². The second-order valence-corrected chi connectivity index (χ2v) is 8.47. The van der Waals surface area contributed by atoms with Gasteiger partial charge in [-0.05, 0) is 44.4 Å². The number of rotatable bonds is 5. The van der Waals surface area contributed by atoms with E-state index in [2.05, 4.69) is 4.98 Å². The molecule has 0 bridgehead atoms. The van der Waals surface area contributed by atoms with Gasteiger partial charge in [-0.25, -0.2) is 4.98 Å². The number of piperidine rings is 2. The van der Waals surface area contributed by atoms with Crippen LogP contribution in [0.2, 0.25) is 0 Å². The molecular weight excluding hydrogens is 350 g/mol. The van der Waals surface area contributed by atoms with Gasteiger partial charge in [0.25, 0.3) is 0 Å². The second-order valence-electron chi connectivity index (χ2n) is 7.40. The van der Waals surface area contributed by atoms with Crippen LogP contribution in [0.4, 0.5) is 0 Å². The standard InChI is InChI=1S/C19H29N3O3S/c1-14-20-17(13-26-14)11-18(23)21-7-3-15(4-8-21)16-5-9-22(10-6-16)19(24)12-25-2/h13,15-16H,3-12H2,1-2H3. The number of hydrogen-bond donors (Lipinski definition) is 0. The first kappa shape index (κ1) is 19.3. The predicted molar refractivity (Wildman–Crippen MR) is 101 cm³/mol. The lowest BCUT2D eigenvalue weighted by atomic mass is 9.78. The number of hydrogen-bond acceptors (Lipinski definition) is 5. The molecule has 2 fully saturated rings. The zero-order valence-corrected chi connectivity index (χ0v) is 16.6. The van der Waals surface area contributed by atoms with Crippen LogP contribution in [0.1, 0.15) is 36.4 Å². The van der Waals surface area contributed by atoms with Gasteiger partial charge in [0.05, 0.1) is 17.1 Å². The summed E-state index contributed by atoms with van der Waals surface area (Å²) >= 11 is 1.60. The third-order valence-corrected chi connectivity index (χ3v) is 6.54. The van der Waals surface area contributed by atoms with Gasteiger partial charge in [0, 0.05) is 38.7 Å². The van der Waals surface area contributed by atoms with Crippen LogP contribution in [0.3, 0.4) is 0 Å². The van der Waals surface area contributed by atoms with Crippen molar-refractivity contribution >= 4 is 23.2 Å². The molecule has 0 atom stereocenters. The summed E-state index contributed by atoms with van der Waals surface area (Å²) in [5.41, 5.74) is 0.896. The number of carbonyl (C=O) groups is 2. The Balaban J connectivity index is 1.41. The van der Waals surface area contributed by atoms with Crippen LogP contribution < -0.4 is 0 Å². The van der Waals surface area contributed by atoms with Crippen LogP contribution in [0, 0.1) is 18.8 Å². The summed E-state index contributed by atoms with van der Waals surface area (Å²) in [6.07, 6.45) is 4.74. The number of nitrogens with zero attached hydrogens (tertiary/aromatic N) is 3. The van der Waals surface area contributed by atoms with Gasteiger partial charge in [-0.2, -0.15) is 0 Å². The van der Waals surface area contributed by atoms with Crippen molar-refractivity contribution in [2.75, 3.05) is 39.9 Å². The van der Waals surface area contributed by atoms with E-state index in [4.69, 9.17) is 4.74 Å². The van der Waals surface area contributed by atoms with Crippen molar-refractivity contribution in [1.82, 2.24) is 14.8 Å². The molecule has 0 unspecified atom stereocenters. The Hall–Kier alpha value is -1.47. The third-order valence-electron chi connectivity index (χ3n) is 5.72. The molecule has 2 amide bonds. The lowest BCUT2D eigenvalue weighted by molar-refractivity contribution is -0.137. The molecule has 1 aromatic rings. The molecule has 3 heterocycles. The summed E-state index contributed by atoms with van der Waals surface area (Å²) < 4.78 is 4.95. The minimum atomic E-state index is 0.101. The molecule has 0 saturated carbocycles. The van der Waals surface area contributed by atoms with Crippen molar-refractivity contribution in [3.8, 4) is 0 Å². The minimum Gasteiger partial charge on any atom is -0.375 e. The summed E-state index contributed by atoms with van der Waals surface area (Å²) in [5.74, 6) is 1.66. The Morgan fingerprint density at radius 1 is 1.08 bits per heavy atom. The van der Waals surface area contributed by atoms with Crippen molar-refractivity contribution in [1.29, 1.82) is 0 Å². The van der Waals surface area contributed by atoms with Crippen LogP contribution in [-0.4, -0.2) is 66.5 Å². The Morgan fingerprint density at radius 2 is 1.62 bits per heavy atom. The summed E-state index contributed by atoms with van der Waals surface area (Å²) in [5, 5.41) is 3.00. The van der Waals surface area contributed by atoms with Gasteiger partial charge in [0.15, 0.2) is 0 Å². The highest BCUT2D eigenvalue weighted by atomic mass is 32.1. The highest BCUT2D eigenvalue weighted by molar-refractivity contribution is 7.09. The van der Waals surface area contributed by atoms with E-state index >= 15 is 0 Å². The topological polar surface area (TPSA) is 62.7 Å². The number of aromatic nitrogens is 1. The molecule has 0 radical (unpaired) electrons. The highest BCUT2D eigenvalue weighted by Gasteiger charge is 2.31. The average molecular weight is 380 g/mol. The van der Waals surface area contributed by atoms with Crippen LogP contribution in [-0.2, 0) is 20.7 Å². The highest BCUT2D eigenvalue weighted by Crippen LogP contribution is 2.32. The van der Waals surface area contributed by atoms with E-state index < -0.39 is 0 Å². The molecule has 0 aliphatic carbocycles. The average Bonchev–Trinajstić information content (AvgIpc) is 3.07. The van der Waals surface area contributed by atoms with E-state index in [1.54, 1.807) is 18.4 Å². The zero-order chi connectivity index (χ0) is 18.5. The van der Waals surface area contributed by atoms with Crippen molar-refractivity contribution in [2.24, 2.45) is 11.8 Å². The summed E-state index contributed by atoms with van der Waals surface area (Å²) in [6, 6.07) is 0. The molecule has 2 saturated heterocycles. The summed E-state index contributed by atoms with van der Waals surface area (Å²) in [4.78, 5) is 32.7. The molecular formula is C19H29N3O3S. The largest absolute Gasteiger partial charge is 0.375 e. The monoisotopic (exact) mass is 379 g/mol. The number of ether oxygens (including phenoxy) is 1. The lowest BCUT2D eigenvalue weighted by Crippen LogP contribution is -2.45. The molecule has 0 aromatic carbocycles. The maximum Gasteiger partial charge on any atom is 0.248 e. The fourth-order valence-electron chi connectivity index (χ4n) is 4.21. The molecule has 3 rings (SSSR count). The number of aryl methyl sites for hydroxylation is 1. The number of likely N-dealkylation sites (tertiary alicyclic amines) is 2. The fraction of sp³-hybridized carbons (Fsp3) is 0.737. The van der Waals surface area contributed by atoms with Gasteiger partial charge in [0.1, 0.15) is 6.61 Å². The van der Waals surface area contributed by atoms with Gasteiger partial charge < -0.3 is 14.5 Å². The third kappa shape index (κ3) is 4.82. The Bertz CT molecular complexity index is 617. The summed E-state index contributed by atoms with van der Waals surface area (Å²) in [6.45, 7) is 5.55. The number of carbonyl (C=O) groups excluding carboxylic acids is 2. The molecule has 0 N–H and O–H groups in total. The van der Waals surface area contributed by atoms with Gasteiger partial charge in [-0.3, -0.25) is 9.59 Å². The van der Waals surface area contributed by atoms with Crippen LogP contribution >= 0.6 is 11.3 Å². The molecule has 2 aliphatic heterocycles. The van der Waals surface area contributed by atoms with Crippen molar-refractivity contribution in [3.05, 3.63) is 16.1 Å². The Kier molecular flexibility index (Phi) is 6.64. The van der Waals surface area contributed by atoms with E-state index in [0.717, 1.165) is 62.6 Å². The lowest BCUT2D eigenvalue weighted by Gasteiger charge is -2.40. The molecule has 7 heteroatoms. The van der Waals surface area contributed by atoms with Gasteiger partial charge in [0.2, 0.25) is 11.8 Å². The van der Waals surface area contributed by atoms with Crippen LogP contribution in [0.25, 0.3) is 0 Å².